The van der Waals surface area contributed by atoms with Crippen molar-refractivity contribution in [1.82, 2.24) is 15.5 Å². The zero-order chi connectivity index (χ0) is 10.5. The number of thioether (sulfide) groups is 1. The lowest BCUT2D eigenvalue weighted by atomic mass is 9.99. The molecule has 1 aliphatic heterocycles. The summed E-state index contributed by atoms with van der Waals surface area (Å²) in [6, 6.07) is 0. The Kier molecular flexibility index (Phi) is 4.02. The third kappa shape index (κ3) is 3.21. The summed E-state index contributed by atoms with van der Waals surface area (Å²) in [7, 11) is 1.88. The van der Waals surface area contributed by atoms with Gasteiger partial charge in [-0.2, -0.15) is 11.8 Å². The summed E-state index contributed by atoms with van der Waals surface area (Å²) in [4.78, 5) is 0. The molecule has 0 bridgehead atoms. The van der Waals surface area contributed by atoms with Crippen LogP contribution in [0.3, 0.4) is 0 Å². The third-order valence-corrected chi connectivity index (χ3v) is 3.69. The fourth-order valence-electron chi connectivity index (χ4n) is 1.79. The summed E-state index contributed by atoms with van der Waals surface area (Å²) in [6.07, 6.45) is 3.53. The Hall–Kier alpha value is -0.550. The van der Waals surface area contributed by atoms with E-state index in [0.717, 1.165) is 18.2 Å². The van der Waals surface area contributed by atoms with Gasteiger partial charge >= 0.3 is 0 Å². The second-order valence-electron chi connectivity index (χ2n) is 3.88. The maximum atomic E-state index is 5.54. The normalized spacial score (nSPS) is 18.2. The monoisotopic (exact) mass is 227 g/mol. The second kappa shape index (κ2) is 5.51. The van der Waals surface area contributed by atoms with Crippen LogP contribution in [-0.2, 0) is 13.0 Å². The summed E-state index contributed by atoms with van der Waals surface area (Å²) in [5, 5.41) is 11.1. The lowest BCUT2D eigenvalue weighted by Gasteiger charge is -2.19. The van der Waals surface area contributed by atoms with Crippen molar-refractivity contribution >= 4 is 11.8 Å². The molecule has 1 N–H and O–H groups in total. The van der Waals surface area contributed by atoms with E-state index in [1.165, 1.54) is 24.3 Å². The van der Waals surface area contributed by atoms with E-state index in [-0.39, 0.29) is 0 Å². The molecule has 1 aromatic heterocycles. The van der Waals surface area contributed by atoms with E-state index >= 15 is 0 Å². The fraction of sp³-hybridized carbons (Fsp3) is 0.800. The van der Waals surface area contributed by atoms with Crippen LogP contribution in [0, 0.1) is 5.92 Å². The molecule has 0 spiro atoms. The van der Waals surface area contributed by atoms with Crippen molar-refractivity contribution in [3.05, 3.63) is 11.8 Å². The molecule has 4 nitrogen and oxygen atoms in total. The van der Waals surface area contributed by atoms with Gasteiger partial charge in [-0.15, -0.1) is 10.2 Å². The molecule has 2 heterocycles. The minimum atomic E-state index is 0.660. The van der Waals surface area contributed by atoms with Gasteiger partial charge in [-0.3, -0.25) is 0 Å². The van der Waals surface area contributed by atoms with Gasteiger partial charge in [0.25, 0.3) is 0 Å². The quantitative estimate of drug-likeness (QED) is 0.844. The molecule has 1 saturated heterocycles. The zero-order valence-corrected chi connectivity index (χ0v) is 9.85. The molecule has 0 atom stereocenters. The maximum absolute atomic E-state index is 5.54. The van der Waals surface area contributed by atoms with E-state index in [1.807, 2.05) is 18.8 Å². The van der Waals surface area contributed by atoms with Gasteiger partial charge in [-0.25, -0.2) is 0 Å². The van der Waals surface area contributed by atoms with Crippen LogP contribution in [0.1, 0.15) is 24.6 Å². The van der Waals surface area contributed by atoms with E-state index in [4.69, 9.17) is 4.42 Å². The van der Waals surface area contributed by atoms with E-state index in [0.29, 0.717) is 12.4 Å². The Morgan fingerprint density at radius 2 is 2.07 bits per heavy atom. The van der Waals surface area contributed by atoms with Gasteiger partial charge in [0.05, 0.1) is 6.54 Å². The average Bonchev–Trinajstić information content (AvgIpc) is 2.68. The van der Waals surface area contributed by atoms with Gasteiger partial charge in [0.2, 0.25) is 11.8 Å². The van der Waals surface area contributed by atoms with Crippen LogP contribution in [0.25, 0.3) is 0 Å². The summed E-state index contributed by atoms with van der Waals surface area (Å²) < 4.78 is 5.54. The standard InChI is InChI=1S/C10H17N3OS/c1-11-7-10-13-12-9(14-10)6-8-2-4-15-5-3-8/h8,11H,2-7H2,1H3. The van der Waals surface area contributed by atoms with Crippen molar-refractivity contribution in [3.63, 3.8) is 0 Å². The Morgan fingerprint density at radius 1 is 1.33 bits per heavy atom. The van der Waals surface area contributed by atoms with E-state index in [2.05, 4.69) is 15.5 Å². The zero-order valence-electron chi connectivity index (χ0n) is 9.03. The van der Waals surface area contributed by atoms with Crippen molar-refractivity contribution in [2.75, 3.05) is 18.6 Å². The molecular weight excluding hydrogens is 210 g/mol. The SMILES string of the molecule is CNCc1nnc(CC2CCSCC2)o1. The molecule has 15 heavy (non-hydrogen) atoms. The largest absolute Gasteiger partial charge is 0.424 e. The Labute approximate surface area is 94.2 Å². The van der Waals surface area contributed by atoms with Gasteiger partial charge in [-0.05, 0) is 37.3 Å². The van der Waals surface area contributed by atoms with Crippen LogP contribution < -0.4 is 5.32 Å². The van der Waals surface area contributed by atoms with Crippen molar-refractivity contribution in [2.24, 2.45) is 5.92 Å². The maximum Gasteiger partial charge on any atom is 0.230 e. The minimum absolute atomic E-state index is 0.660. The van der Waals surface area contributed by atoms with Gasteiger partial charge in [0.15, 0.2) is 0 Å². The average molecular weight is 227 g/mol. The molecule has 0 saturated carbocycles. The lowest BCUT2D eigenvalue weighted by Crippen LogP contribution is -2.12. The molecule has 1 aromatic rings. The predicted octanol–water partition coefficient (Wildman–Crippen LogP) is 1.47. The summed E-state index contributed by atoms with van der Waals surface area (Å²) in [5.41, 5.74) is 0. The van der Waals surface area contributed by atoms with Crippen molar-refractivity contribution < 1.29 is 4.42 Å². The highest BCUT2D eigenvalue weighted by Crippen LogP contribution is 2.25. The number of rotatable bonds is 4. The molecular formula is C10H17N3OS. The van der Waals surface area contributed by atoms with E-state index < -0.39 is 0 Å². The van der Waals surface area contributed by atoms with Gasteiger partial charge < -0.3 is 9.73 Å². The topological polar surface area (TPSA) is 51.0 Å². The molecule has 0 radical (unpaired) electrons. The molecule has 1 aliphatic rings. The van der Waals surface area contributed by atoms with Crippen molar-refractivity contribution in [1.29, 1.82) is 0 Å². The first-order valence-corrected chi connectivity index (χ1v) is 6.57. The molecule has 1 fully saturated rings. The third-order valence-electron chi connectivity index (χ3n) is 2.64. The van der Waals surface area contributed by atoms with E-state index in [9.17, 15) is 0 Å². The smallest absolute Gasteiger partial charge is 0.230 e. The summed E-state index contributed by atoms with van der Waals surface area (Å²) >= 11 is 2.05. The fourth-order valence-corrected chi connectivity index (χ4v) is 3.00. The van der Waals surface area contributed by atoms with Gasteiger partial charge in [-0.1, -0.05) is 0 Å². The van der Waals surface area contributed by atoms with Crippen molar-refractivity contribution in [2.45, 2.75) is 25.8 Å². The van der Waals surface area contributed by atoms with Gasteiger partial charge in [0.1, 0.15) is 0 Å². The number of aromatic nitrogens is 2. The highest BCUT2D eigenvalue weighted by molar-refractivity contribution is 7.99. The molecule has 0 aliphatic carbocycles. The Morgan fingerprint density at radius 3 is 2.80 bits per heavy atom. The predicted molar refractivity (Wildman–Crippen MR) is 60.8 cm³/mol. The first-order valence-electron chi connectivity index (χ1n) is 5.42. The van der Waals surface area contributed by atoms with Crippen LogP contribution in [-0.4, -0.2) is 28.8 Å². The Balaban J connectivity index is 1.86. The number of nitrogens with zero attached hydrogens (tertiary/aromatic N) is 2. The van der Waals surface area contributed by atoms with Crippen LogP contribution >= 0.6 is 11.8 Å². The summed E-state index contributed by atoms with van der Waals surface area (Å²) in [6.45, 7) is 0.660. The minimum Gasteiger partial charge on any atom is -0.424 e. The van der Waals surface area contributed by atoms with Crippen LogP contribution in [0.4, 0.5) is 0 Å². The second-order valence-corrected chi connectivity index (χ2v) is 5.10. The van der Waals surface area contributed by atoms with Crippen molar-refractivity contribution in [3.8, 4) is 0 Å². The first-order chi connectivity index (χ1) is 7.38. The molecule has 5 heteroatoms. The Bertz CT molecular complexity index is 297. The van der Waals surface area contributed by atoms with E-state index in [1.54, 1.807) is 0 Å². The van der Waals surface area contributed by atoms with Crippen LogP contribution in [0.2, 0.25) is 0 Å². The molecule has 84 valence electrons. The molecule has 0 amide bonds. The summed E-state index contributed by atoms with van der Waals surface area (Å²) in [5.74, 6) is 4.80. The van der Waals surface area contributed by atoms with Crippen LogP contribution in [0.5, 0.6) is 0 Å². The molecule has 0 unspecified atom stereocenters. The highest BCUT2D eigenvalue weighted by atomic mass is 32.2. The molecule has 0 aromatic carbocycles. The number of hydrogen-bond acceptors (Lipinski definition) is 5. The number of nitrogens with one attached hydrogen (secondary N) is 1. The van der Waals surface area contributed by atoms with Crippen LogP contribution in [0.15, 0.2) is 4.42 Å². The molecule has 2 rings (SSSR count). The van der Waals surface area contributed by atoms with Gasteiger partial charge in [0, 0.05) is 6.42 Å². The highest BCUT2D eigenvalue weighted by Gasteiger charge is 2.17. The number of hydrogen-bond donors (Lipinski definition) is 1. The first kappa shape index (κ1) is 11.0. The lowest BCUT2D eigenvalue weighted by molar-refractivity contribution is 0.387.